The minimum Gasteiger partial charge on any atom is -0.249 e. The summed E-state index contributed by atoms with van der Waals surface area (Å²) in [6.07, 6.45) is 2.65. The average Bonchev–Trinajstić information content (AvgIpc) is 2.59. The molecule has 2 rings (SSSR count). The third-order valence-corrected chi connectivity index (χ3v) is 2.34. The van der Waals surface area contributed by atoms with Crippen molar-refractivity contribution in [3.05, 3.63) is 52.5 Å². The van der Waals surface area contributed by atoms with Crippen LogP contribution in [-0.2, 0) is 6.42 Å². The lowest BCUT2D eigenvalue weighted by Gasteiger charge is -1.95. The minimum atomic E-state index is 0.926. The highest BCUT2D eigenvalue weighted by Gasteiger charge is 1.96. The van der Waals surface area contributed by atoms with Gasteiger partial charge in [0.05, 0.1) is 10.4 Å². The van der Waals surface area contributed by atoms with E-state index in [1.165, 1.54) is 5.56 Å². The van der Waals surface area contributed by atoms with Gasteiger partial charge in [-0.15, -0.1) is 11.3 Å². The van der Waals surface area contributed by atoms with Gasteiger partial charge in [-0.2, -0.15) is 0 Å². The van der Waals surface area contributed by atoms with E-state index >= 15 is 0 Å². The summed E-state index contributed by atoms with van der Waals surface area (Å²) in [5.74, 6) is 0. The number of thiazole rings is 1. The Hall–Kier alpha value is -1.15. The maximum atomic E-state index is 4.17. The molecule has 0 N–H and O–H groups in total. The van der Waals surface area contributed by atoms with E-state index in [0.29, 0.717) is 0 Å². The Balaban J connectivity index is 2.15. The van der Waals surface area contributed by atoms with Gasteiger partial charge in [0.15, 0.2) is 0 Å². The fraction of sp³-hybridized carbons (Fsp3) is 0.100. The zero-order valence-electron chi connectivity index (χ0n) is 6.53. The summed E-state index contributed by atoms with van der Waals surface area (Å²) in [5, 5.41) is 4.11. The second-order valence-corrected chi connectivity index (χ2v) is 3.45. The third-order valence-electron chi connectivity index (χ3n) is 1.64. The lowest BCUT2D eigenvalue weighted by atomic mass is 10.2. The molecule has 1 nitrogen and oxygen atoms in total. The van der Waals surface area contributed by atoms with Crippen molar-refractivity contribution in [2.75, 3.05) is 0 Å². The molecule has 0 saturated heterocycles. The van der Waals surface area contributed by atoms with Gasteiger partial charge in [-0.1, -0.05) is 30.3 Å². The largest absolute Gasteiger partial charge is 0.249 e. The Morgan fingerprint density at radius 2 is 2.08 bits per heavy atom. The number of benzene rings is 1. The predicted octanol–water partition coefficient (Wildman–Crippen LogP) is 2.53. The van der Waals surface area contributed by atoms with E-state index in [0.717, 1.165) is 11.4 Å². The van der Waals surface area contributed by atoms with Crippen molar-refractivity contribution in [3.63, 3.8) is 0 Å². The fourth-order valence-corrected chi connectivity index (χ4v) is 1.66. The third kappa shape index (κ3) is 1.71. The Morgan fingerprint density at radius 3 is 2.75 bits per heavy atom. The highest BCUT2D eigenvalue weighted by Crippen LogP contribution is 2.10. The van der Waals surface area contributed by atoms with Gasteiger partial charge in [-0.3, -0.25) is 0 Å². The van der Waals surface area contributed by atoms with Crippen LogP contribution in [0.2, 0.25) is 0 Å². The summed E-state index contributed by atoms with van der Waals surface area (Å²) in [5.41, 5.74) is 1.31. The van der Waals surface area contributed by atoms with Crippen molar-refractivity contribution in [1.29, 1.82) is 0 Å². The first kappa shape index (κ1) is 7.50. The van der Waals surface area contributed by atoms with Crippen LogP contribution in [0.4, 0.5) is 0 Å². The Labute approximate surface area is 75.7 Å². The van der Waals surface area contributed by atoms with Crippen molar-refractivity contribution in [1.82, 2.24) is 4.98 Å². The molecule has 1 aromatic carbocycles. The fourth-order valence-electron chi connectivity index (χ4n) is 1.07. The van der Waals surface area contributed by atoms with Crippen LogP contribution in [0.3, 0.4) is 0 Å². The SMILES string of the molecule is [c]1cnc(Cc2ccccc2)s1. The molecule has 1 aromatic heterocycles. The average molecular weight is 174 g/mol. The van der Waals surface area contributed by atoms with Crippen LogP contribution in [-0.4, -0.2) is 4.98 Å². The van der Waals surface area contributed by atoms with Crippen LogP contribution >= 0.6 is 11.3 Å². The standard InChI is InChI=1S/C10H8NS/c1-2-4-9(5-3-1)8-10-11-6-7-12-10/h1-6H,8H2. The van der Waals surface area contributed by atoms with E-state index < -0.39 is 0 Å². The van der Waals surface area contributed by atoms with Gasteiger partial charge in [0, 0.05) is 12.6 Å². The van der Waals surface area contributed by atoms with Crippen LogP contribution in [0, 0.1) is 5.38 Å². The van der Waals surface area contributed by atoms with E-state index in [1.54, 1.807) is 17.5 Å². The Bertz CT molecular complexity index is 326. The summed E-state index contributed by atoms with van der Waals surface area (Å²) in [6.45, 7) is 0. The van der Waals surface area contributed by atoms with Gasteiger partial charge in [0.2, 0.25) is 0 Å². The molecule has 0 unspecified atom stereocenters. The second kappa shape index (κ2) is 3.50. The topological polar surface area (TPSA) is 12.9 Å². The number of nitrogens with zero attached hydrogens (tertiary/aromatic N) is 1. The molecule has 59 valence electrons. The molecule has 0 bridgehead atoms. The molecule has 0 spiro atoms. The summed E-state index contributed by atoms with van der Waals surface area (Å²) < 4.78 is 0. The molecule has 2 heteroatoms. The van der Waals surface area contributed by atoms with Gasteiger partial charge in [-0.25, -0.2) is 4.98 Å². The number of aromatic nitrogens is 1. The molecule has 0 aliphatic rings. The van der Waals surface area contributed by atoms with Crippen molar-refractivity contribution >= 4 is 11.3 Å². The molecule has 0 saturated carbocycles. The molecule has 0 atom stereocenters. The smallest absolute Gasteiger partial charge is 0.0975 e. The van der Waals surface area contributed by atoms with Crippen molar-refractivity contribution in [3.8, 4) is 0 Å². The summed E-state index contributed by atoms with van der Waals surface area (Å²) >= 11 is 1.58. The van der Waals surface area contributed by atoms with Crippen LogP contribution in [0.15, 0.2) is 36.5 Å². The van der Waals surface area contributed by atoms with Crippen molar-refractivity contribution in [2.24, 2.45) is 0 Å². The van der Waals surface area contributed by atoms with E-state index in [9.17, 15) is 0 Å². The van der Waals surface area contributed by atoms with Crippen LogP contribution < -0.4 is 0 Å². The molecule has 1 heterocycles. The first-order valence-corrected chi connectivity index (χ1v) is 4.61. The second-order valence-electron chi connectivity index (χ2n) is 2.53. The van der Waals surface area contributed by atoms with Crippen molar-refractivity contribution < 1.29 is 0 Å². The molecule has 0 amide bonds. The molecule has 2 aromatic rings. The van der Waals surface area contributed by atoms with Gasteiger partial charge < -0.3 is 0 Å². The van der Waals surface area contributed by atoms with Gasteiger partial charge in [-0.05, 0) is 5.56 Å². The summed E-state index contributed by atoms with van der Waals surface area (Å²) in [4.78, 5) is 4.17. The van der Waals surface area contributed by atoms with E-state index in [1.807, 2.05) is 18.2 Å². The summed E-state index contributed by atoms with van der Waals surface area (Å²) in [6, 6.07) is 10.3. The molecule has 0 aliphatic carbocycles. The zero-order chi connectivity index (χ0) is 8.23. The minimum absolute atomic E-state index is 0.926. The highest BCUT2D eigenvalue weighted by molar-refractivity contribution is 7.09. The highest BCUT2D eigenvalue weighted by atomic mass is 32.1. The number of rotatable bonds is 2. The van der Waals surface area contributed by atoms with Gasteiger partial charge in [0.1, 0.15) is 0 Å². The zero-order valence-corrected chi connectivity index (χ0v) is 7.34. The lowest BCUT2D eigenvalue weighted by Crippen LogP contribution is -1.84. The summed E-state index contributed by atoms with van der Waals surface area (Å²) in [7, 11) is 0. The monoisotopic (exact) mass is 174 g/mol. The molecule has 1 radical (unpaired) electrons. The normalized spacial score (nSPS) is 10.0. The predicted molar refractivity (Wildman–Crippen MR) is 50.2 cm³/mol. The maximum absolute atomic E-state index is 4.17. The van der Waals surface area contributed by atoms with Crippen LogP contribution in [0.25, 0.3) is 0 Å². The first-order valence-electron chi connectivity index (χ1n) is 3.80. The maximum Gasteiger partial charge on any atom is 0.0975 e. The quantitative estimate of drug-likeness (QED) is 0.681. The molecule has 0 aliphatic heterocycles. The number of hydrogen-bond acceptors (Lipinski definition) is 2. The first-order chi connectivity index (χ1) is 5.95. The van der Waals surface area contributed by atoms with Crippen LogP contribution in [0.5, 0.6) is 0 Å². The Morgan fingerprint density at radius 1 is 1.25 bits per heavy atom. The van der Waals surface area contributed by atoms with Gasteiger partial charge >= 0.3 is 0 Å². The number of hydrogen-bond donors (Lipinski definition) is 0. The molecular weight excluding hydrogens is 166 g/mol. The lowest BCUT2D eigenvalue weighted by molar-refractivity contribution is 1.14. The van der Waals surface area contributed by atoms with Crippen LogP contribution in [0.1, 0.15) is 10.6 Å². The van der Waals surface area contributed by atoms with E-state index in [-0.39, 0.29) is 0 Å². The van der Waals surface area contributed by atoms with Crippen molar-refractivity contribution in [2.45, 2.75) is 6.42 Å². The van der Waals surface area contributed by atoms with E-state index in [2.05, 4.69) is 22.5 Å². The van der Waals surface area contributed by atoms with Gasteiger partial charge in [0.25, 0.3) is 0 Å². The Kier molecular flexibility index (Phi) is 2.19. The molecular formula is C10H8NS. The molecule has 12 heavy (non-hydrogen) atoms. The van der Waals surface area contributed by atoms with E-state index in [4.69, 9.17) is 0 Å². The molecule has 0 fully saturated rings.